The van der Waals surface area contributed by atoms with Crippen LogP contribution >= 0.6 is 36.6 Å². The molecule has 4 nitrogen and oxygen atoms in total. The summed E-state index contributed by atoms with van der Waals surface area (Å²) in [5.74, 6) is 0. The molecule has 192 valence electrons. The second-order valence-electron chi connectivity index (χ2n) is 8.68. The molecule has 2 atom stereocenters. The summed E-state index contributed by atoms with van der Waals surface area (Å²) in [5.41, 5.74) is 4.57. The third kappa shape index (κ3) is 8.12. The molecule has 0 spiro atoms. The van der Waals surface area contributed by atoms with Gasteiger partial charge in [-0.3, -0.25) is 0 Å². The molecule has 0 aliphatic carbocycles. The average Bonchev–Trinajstić information content (AvgIpc) is 2.82. The van der Waals surface area contributed by atoms with E-state index in [1.165, 1.54) is 20.9 Å². The van der Waals surface area contributed by atoms with Gasteiger partial charge < -0.3 is 20.0 Å². The fourth-order valence-corrected chi connectivity index (χ4v) is 5.47. The van der Waals surface area contributed by atoms with Gasteiger partial charge in [0.1, 0.15) is 0 Å². The van der Waals surface area contributed by atoms with Crippen molar-refractivity contribution in [1.82, 2.24) is 9.80 Å². The van der Waals surface area contributed by atoms with Crippen LogP contribution in [0.15, 0.2) is 46.2 Å². The Morgan fingerprint density at radius 2 is 1.09 bits per heavy atom. The van der Waals surface area contributed by atoms with Crippen molar-refractivity contribution in [2.24, 2.45) is 0 Å². The minimum atomic E-state index is -0.430. The number of halogens is 2. The highest BCUT2D eigenvalue weighted by Gasteiger charge is 2.20. The number of aliphatic hydroxyl groups is 2. The largest absolute Gasteiger partial charge is 0.388 e. The Morgan fingerprint density at radius 3 is 1.44 bits per heavy atom. The lowest BCUT2D eigenvalue weighted by molar-refractivity contribution is 0.145. The van der Waals surface area contributed by atoms with Crippen LogP contribution in [0.5, 0.6) is 0 Å². The minimum Gasteiger partial charge on any atom is -0.388 e. The van der Waals surface area contributed by atoms with Gasteiger partial charge in [-0.05, 0) is 79.8 Å². The molecular weight excluding hydrogens is 487 g/mol. The van der Waals surface area contributed by atoms with E-state index in [0.29, 0.717) is 0 Å². The highest BCUT2D eigenvalue weighted by molar-refractivity contribution is 7.99. The highest BCUT2D eigenvalue weighted by Crippen LogP contribution is 2.41. The van der Waals surface area contributed by atoms with Crippen molar-refractivity contribution >= 4 is 36.6 Å². The Balaban J connectivity index is 0.00000289. The zero-order valence-electron chi connectivity index (χ0n) is 21.0. The maximum absolute atomic E-state index is 10.7. The van der Waals surface area contributed by atoms with Gasteiger partial charge in [-0.1, -0.05) is 63.7 Å². The zero-order chi connectivity index (χ0) is 23.1. The number of hydrogen-bond donors (Lipinski definition) is 2. The Kier molecular flexibility index (Phi) is 14.1. The smallest absolute Gasteiger partial charge is 0.0802 e. The summed E-state index contributed by atoms with van der Waals surface area (Å²) in [4.78, 5) is 7.24. The lowest BCUT2D eigenvalue weighted by Crippen LogP contribution is -2.25. The summed E-state index contributed by atoms with van der Waals surface area (Å²) in [6, 6.07) is 12.8. The molecule has 2 aromatic carbocycles. The first-order valence-electron chi connectivity index (χ1n) is 12.2. The van der Waals surface area contributed by atoms with E-state index in [-0.39, 0.29) is 24.8 Å². The van der Waals surface area contributed by atoms with Gasteiger partial charge >= 0.3 is 0 Å². The van der Waals surface area contributed by atoms with E-state index in [4.69, 9.17) is 0 Å². The molecule has 7 heteroatoms. The van der Waals surface area contributed by atoms with Gasteiger partial charge in [0.2, 0.25) is 0 Å². The van der Waals surface area contributed by atoms with E-state index < -0.39 is 12.2 Å². The van der Waals surface area contributed by atoms with Crippen LogP contribution in [-0.2, 0) is 6.42 Å². The molecule has 1 aliphatic heterocycles. The van der Waals surface area contributed by atoms with Gasteiger partial charge in [0.15, 0.2) is 0 Å². The molecule has 1 aliphatic rings. The molecule has 34 heavy (non-hydrogen) atoms. The quantitative estimate of drug-likeness (QED) is 0.296. The van der Waals surface area contributed by atoms with Crippen molar-refractivity contribution in [3.05, 3.63) is 58.7 Å². The molecule has 0 radical (unpaired) electrons. The Labute approximate surface area is 222 Å². The van der Waals surface area contributed by atoms with Crippen LogP contribution in [0, 0.1) is 0 Å². The van der Waals surface area contributed by atoms with Crippen LogP contribution in [0.4, 0.5) is 0 Å². The molecule has 0 fully saturated rings. The maximum Gasteiger partial charge on any atom is 0.0802 e. The summed E-state index contributed by atoms with van der Waals surface area (Å²) in [5, 5.41) is 21.5. The van der Waals surface area contributed by atoms with E-state index in [0.717, 1.165) is 69.7 Å². The van der Waals surface area contributed by atoms with Gasteiger partial charge in [-0.25, -0.2) is 0 Å². The van der Waals surface area contributed by atoms with Crippen molar-refractivity contribution in [3.8, 4) is 0 Å². The molecule has 0 saturated carbocycles. The predicted octanol–water partition coefficient (Wildman–Crippen LogP) is 6.12. The molecular formula is C27H42Cl2N2O2S. The van der Waals surface area contributed by atoms with Gasteiger partial charge in [0.25, 0.3) is 0 Å². The number of benzene rings is 2. The first-order valence-corrected chi connectivity index (χ1v) is 13.0. The van der Waals surface area contributed by atoms with Crippen LogP contribution in [0.3, 0.4) is 0 Å². The maximum atomic E-state index is 10.7. The van der Waals surface area contributed by atoms with Crippen molar-refractivity contribution in [2.45, 2.75) is 69.0 Å². The summed E-state index contributed by atoms with van der Waals surface area (Å²) in [6.07, 6.45) is 1.51. The van der Waals surface area contributed by atoms with Crippen LogP contribution < -0.4 is 0 Å². The number of aliphatic hydroxyl groups excluding tert-OH is 2. The average molecular weight is 530 g/mol. The number of rotatable bonds is 12. The predicted molar refractivity (Wildman–Crippen MR) is 149 cm³/mol. The Hall–Kier alpha value is -0.790. The molecule has 0 amide bonds. The second-order valence-corrected chi connectivity index (χ2v) is 9.76. The van der Waals surface area contributed by atoms with Crippen molar-refractivity contribution < 1.29 is 10.2 Å². The monoisotopic (exact) mass is 528 g/mol. The Bertz CT molecular complexity index is 806. The second kappa shape index (κ2) is 15.4. The van der Waals surface area contributed by atoms with Gasteiger partial charge in [0, 0.05) is 22.9 Å². The van der Waals surface area contributed by atoms with Crippen molar-refractivity contribution in [2.75, 3.05) is 39.3 Å². The van der Waals surface area contributed by atoms with E-state index >= 15 is 0 Å². The SMILES string of the molecule is CCN(CC)CCC(O)c1ccc2c(c1)Cc1cc(C(O)CCN(CC)CC)ccc1S2.Cl.Cl. The Morgan fingerprint density at radius 1 is 0.706 bits per heavy atom. The van der Waals surface area contributed by atoms with Crippen LogP contribution in [0.2, 0.25) is 0 Å². The third-order valence-corrected chi connectivity index (χ3v) is 8.00. The first kappa shape index (κ1) is 31.2. The number of hydrogen-bond acceptors (Lipinski definition) is 5. The highest BCUT2D eigenvalue weighted by atomic mass is 35.5. The van der Waals surface area contributed by atoms with Crippen molar-refractivity contribution in [3.63, 3.8) is 0 Å². The lowest BCUT2D eigenvalue weighted by atomic mass is 9.96. The van der Waals surface area contributed by atoms with E-state index in [1.54, 1.807) is 11.8 Å². The fraction of sp³-hybridized carbons (Fsp3) is 0.556. The molecule has 0 saturated heterocycles. The van der Waals surface area contributed by atoms with Crippen molar-refractivity contribution in [1.29, 1.82) is 0 Å². The molecule has 3 rings (SSSR count). The minimum absolute atomic E-state index is 0. The van der Waals surface area contributed by atoms with Crippen LogP contribution in [0.1, 0.15) is 75.0 Å². The topological polar surface area (TPSA) is 46.9 Å². The van der Waals surface area contributed by atoms with Crippen LogP contribution in [-0.4, -0.2) is 59.3 Å². The van der Waals surface area contributed by atoms with Gasteiger partial charge in [-0.2, -0.15) is 0 Å². The fourth-order valence-electron chi connectivity index (χ4n) is 4.44. The lowest BCUT2D eigenvalue weighted by Gasteiger charge is -2.24. The zero-order valence-corrected chi connectivity index (χ0v) is 23.4. The van der Waals surface area contributed by atoms with E-state index in [2.05, 4.69) is 73.9 Å². The molecule has 2 aromatic rings. The summed E-state index contributed by atoms with van der Waals surface area (Å²) < 4.78 is 0. The van der Waals surface area contributed by atoms with Gasteiger partial charge in [-0.15, -0.1) is 24.8 Å². The molecule has 0 aromatic heterocycles. The molecule has 2 N–H and O–H groups in total. The summed E-state index contributed by atoms with van der Waals surface area (Å²) >= 11 is 1.79. The number of fused-ring (bicyclic) bond motifs is 2. The normalized spacial score (nSPS) is 14.1. The van der Waals surface area contributed by atoms with E-state index in [9.17, 15) is 10.2 Å². The van der Waals surface area contributed by atoms with Gasteiger partial charge in [0.05, 0.1) is 12.2 Å². The molecule has 1 heterocycles. The summed E-state index contributed by atoms with van der Waals surface area (Å²) in [7, 11) is 0. The van der Waals surface area contributed by atoms with E-state index in [1.807, 2.05) is 0 Å². The summed E-state index contributed by atoms with van der Waals surface area (Å²) in [6.45, 7) is 14.6. The first-order chi connectivity index (χ1) is 15.5. The number of nitrogens with zero attached hydrogens (tertiary/aromatic N) is 2. The third-order valence-electron chi connectivity index (χ3n) is 6.77. The van der Waals surface area contributed by atoms with Crippen LogP contribution in [0.25, 0.3) is 0 Å². The standard InChI is InChI=1S/C27H40N2O2S.2ClH/c1-5-28(6-2)15-13-24(30)20-9-11-26-22(17-20)19-23-18-21(10-12-27(23)32-26)25(31)14-16-29(7-3)8-4;;/h9-12,17-18,24-25,30-31H,5-8,13-16,19H2,1-4H3;2*1H. The molecule has 0 bridgehead atoms. The molecule has 2 unspecified atom stereocenters.